The van der Waals surface area contributed by atoms with Crippen LogP contribution in [0.4, 0.5) is 10.5 Å². The van der Waals surface area contributed by atoms with Gasteiger partial charge in [-0.1, -0.05) is 0 Å². The molecule has 128 valence electrons. The maximum atomic E-state index is 11.7. The van der Waals surface area contributed by atoms with Crippen LogP contribution in [-0.2, 0) is 9.47 Å². The zero-order valence-electron chi connectivity index (χ0n) is 14.4. The topological polar surface area (TPSA) is 76.7 Å². The lowest BCUT2D eigenvalue weighted by Crippen LogP contribution is -2.34. The molecule has 6 nitrogen and oxygen atoms in total. The predicted octanol–water partition coefficient (Wildman–Crippen LogP) is 3.19. The smallest absolute Gasteiger partial charge is 0.407 e. The minimum absolute atomic E-state index is 0.140. The van der Waals surface area contributed by atoms with Crippen LogP contribution < -0.4 is 10.6 Å². The number of amides is 1. The second-order valence-electron chi connectivity index (χ2n) is 6.39. The molecule has 1 amide bonds. The molecule has 0 spiro atoms. The number of hydrogen-bond donors (Lipinski definition) is 2. The largest absolute Gasteiger partial charge is 0.459 e. The van der Waals surface area contributed by atoms with Gasteiger partial charge in [0.05, 0.1) is 11.7 Å². The van der Waals surface area contributed by atoms with Crippen molar-refractivity contribution in [3.8, 4) is 0 Å². The summed E-state index contributed by atoms with van der Waals surface area (Å²) in [4.78, 5) is 23.2. The van der Waals surface area contributed by atoms with E-state index >= 15 is 0 Å². The highest BCUT2D eigenvalue weighted by Gasteiger charge is 2.15. The van der Waals surface area contributed by atoms with Gasteiger partial charge < -0.3 is 20.1 Å². The van der Waals surface area contributed by atoms with Gasteiger partial charge in [-0.25, -0.2) is 9.59 Å². The van der Waals surface area contributed by atoms with Crippen molar-refractivity contribution in [2.45, 2.75) is 46.3 Å². The summed E-state index contributed by atoms with van der Waals surface area (Å²) in [5.41, 5.74) is 0.867. The summed E-state index contributed by atoms with van der Waals surface area (Å²) in [5.74, 6) is -0.335. The van der Waals surface area contributed by atoms with Crippen molar-refractivity contribution in [1.82, 2.24) is 5.32 Å². The highest BCUT2D eigenvalue weighted by atomic mass is 16.6. The lowest BCUT2D eigenvalue weighted by atomic mass is 10.2. The van der Waals surface area contributed by atoms with E-state index in [0.717, 1.165) is 5.69 Å². The molecule has 0 heterocycles. The SMILES string of the molecule is CC(C)OC(=O)c1ccc(NCCNC(=O)OC(C)(C)C)cc1. The van der Waals surface area contributed by atoms with Crippen LogP contribution in [0.5, 0.6) is 0 Å². The number of nitrogens with one attached hydrogen (secondary N) is 2. The molecule has 0 atom stereocenters. The van der Waals surface area contributed by atoms with Gasteiger partial charge in [-0.3, -0.25) is 0 Å². The van der Waals surface area contributed by atoms with Crippen LogP contribution in [0.1, 0.15) is 45.0 Å². The highest BCUT2D eigenvalue weighted by molar-refractivity contribution is 5.89. The number of hydrogen-bond acceptors (Lipinski definition) is 5. The van der Waals surface area contributed by atoms with Crippen molar-refractivity contribution in [2.75, 3.05) is 18.4 Å². The molecule has 0 aliphatic heterocycles. The molecule has 0 saturated heterocycles. The average molecular weight is 322 g/mol. The lowest BCUT2D eigenvalue weighted by Gasteiger charge is -2.19. The van der Waals surface area contributed by atoms with Crippen LogP contribution in [0.25, 0.3) is 0 Å². The number of anilines is 1. The van der Waals surface area contributed by atoms with Crippen molar-refractivity contribution in [1.29, 1.82) is 0 Å². The van der Waals surface area contributed by atoms with Gasteiger partial charge in [-0.05, 0) is 58.9 Å². The summed E-state index contributed by atoms with van der Waals surface area (Å²) in [5, 5.41) is 5.81. The predicted molar refractivity (Wildman–Crippen MR) is 89.7 cm³/mol. The molecule has 0 aromatic heterocycles. The van der Waals surface area contributed by atoms with Gasteiger partial charge >= 0.3 is 12.1 Å². The molecule has 1 aromatic carbocycles. The van der Waals surface area contributed by atoms with Crippen LogP contribution in [0, 0.1) is 0 Å². The van der Waals surface area contributed by atoms with Gasteiger partial charge in [0.2, 0.25) is 0 Å². The Kier molecular flexibility index (Phi) is 6.88. The Morgan fingerprint density at radius 3 is 2.22 bits per heavy atom. The fourth-order valence-electron chi connectivity index (χ4n) is 1.69. The number of benzene rings is 1. The second-order valence-corrected chi connectivity index (χ2v) is 6.39. The molecule has 23 heavy (non-hydrogen) atoms. The van der Waals surface area contributed by atoms with Crippen molar-refractivity contribution >= 4 is 17.7 Å². The van der Waals surface area contributed by atoms with E-state index in [0.29, 0.717) is 18.7 Å². The van der Waals surface area contributed by atoms with Gasteiger partial charge in [-0.15, -0.1) is 0 Å². The molecule has 0 radical (unpaired) electrons. The molecular formula is C17H26N2O4. The van der Waals surface area contributed by atoms with E-state index in [9.17, 15) is 9.59 Å². The Labute approximate surface area is 137 Å². The molecule has 0 aliphatic carbocycles. The van der Waals surface area contributed by atoms with Crippen molar-refractivity contribution < 1.29 is 19.1 Å². The van der Waals surface area contributed by atoms with Crippen molar-refractivity contribution in [3.63, 3.8) is 0 Å². The molecule has 0 bridgehead atoms. The summed E-state index contributed by atoms with van der Waals surface area (Å²) < 4.78 is 10.3. The lowest BCUT2D eigenvalue weighted by molar-refractivity contribution is 0.0377. The third-order valence-corrected chi connectivity index (χ3v) is 2.59. The number of ether oxygens (including phenoxy) is 2. The van der Waals surface area contributed by atoms with E-state index in [-0.39, 0.29) is 12.1 Å². The molecule has 0 unspecified atom stereocenters. The number of rotatable bonds is 6. The van der Waals surface area contributed by atoms with E-state index in [1.54, 1.807) is 24.3 Å². The summed E-state index contributed by atoms with van der Waals surface area (Å²) >= 11 is 0. The maximum Gasteiger partial charge on any atom is 0.407 e. The van der Waals surface area contributed by atoms with Gasteiger partial charge in [-0.2, -0.15) is 0 Å². The van der Waals surface area contributed by atoms with Crippen LogP contribution in [-0.4, -0.2) is 36.9 Å². The summed E-state index contributed by atoms with van der Waals surface area (Å²) in [6, 6.07) is 7.00. The zero-order valence-corrected chi connectivity index (χ0v) is 14.4. The third kappa shape index (κ3) is 8.09. The molecule has 1 rings (SSSR count). The van der Waals surface area contributed by atoms with E-state index in [1.165, 1.54) is 0 Å². The monoisotopic (exact) mass is 322 g/mol. The molecule has 6 heteroatoms. The molecule has 0 saturated carbocycles. The van der Waals surface area contributed by atoms with E-state index in [1.807, 2.05) is 34.6 Å². The summed E-state index contributed by atoms with van der Waals surface area (Å²) in [7, 11) is 0. The van der Waals surface area contributed by atoms with Crippen LogP contribution in [0.2, 0.25) is 0 Å². The molecule has 1 aromatic rings. The molecule has 2 N–H and O–H groups in total. The minimum Gasteiger partial charge on any atom is -0.459 e. The van der Waals surface area contributed by atoms with Gasteiger partial charge in [0, 0.05) is 18.8 Å². The first-order valence-electron chi connectivity index (χ1n) is 7.69. The fraction of sp³-hybridized carbons (Fsp3) is 0.529. The second kappa shape index (κ2) is 8.41. The molecular weight excluding hydrogens is 296 g/mol. The first-order chi connectivity index (χ1) is 10.7. The molecule has 0 aliphatic rings. The van der Waals surface area contributed by atoms with E-state index in [4.69, 9.17) is 9.47 Å². The maximum absolute atomic E-state index is 11.7. The number of carbonyl (C=O) groups is 2. The van der Waals surface area contributed by atoms with Crippen LogP contribution in [0.15, 0.2) is 24.3 Å². The Balaban J connectivity index is 2.33. The van der Waals surface area contributed by atoms with Crippen molar-refractivity contribution in [2.24, 2.45) is 0 Å². The molecule has 0 fully saturated rings. The van der Waals surface area contributed by atoms with Crippen LogP contribution in [0.3, 0.4) is 0 Å². The average Bonchev–Trinajstić information content (AvgIpc) is 2.41. The normalized spacial score (nSPS) is 11.0. The number of alkyl carbamates (subject to hydrolysis) is 1. The standard InChI is InChI=1S/C17H26N2O4/c1-12(2)22-15(20)13-6-8-14(9-7-13)18-10-11-19-16(21)23-17(3,4)5/h6-9,12,18H,10-11H2,1-5H3,(H,19,21). The summed E-state index contributed by atoms with van der Waals surface area (Å²) in [6.07, 6.45) is -0.578. The Bertz CT molecular complexity index is 518. The third-order valence-electron chi connectivity index (χ3n) is 2.59. The Hall–Kier alpha value is -2.24. The zero-order chi connectivity index (χ0) is 17.5. The fourth-order valence-corrected chi connectivity index (χ4v) is 1.69. The number of esters is 1. The van der Waals surface area contributed by atoms with E-state index in [2.05, 4.69) is 10.6 Å². The Morgan fingerprint density at radius 1 is 1.09 bits per heavy atom. The van der Waals surface area contributed by atoms with Crippen LogP contribution >= 0.6 is 0 Å². The quantitative estimate of drug-likeness (QED) is 0.621. The minimum atomic E-state index is -0.502. The first-order valence-corrected chi connectivity index (χ1v) is 7.69. The highest BCUT2D eigenvalue weighted by Crippen LogP contribution is 2.11. The van der Waals surface area contributed by atoms with Gasteiger partial charge in [0.1, 0.15) is 5.60 Å². The van der Waals surface area contributed by atoms with Gasteiger partial charge in [0.25, 0.3) is 0 Å². The van der Waals surface area contributed by atoms with Gasteiger partial charge in [0.15, 0.2) is 0 Å². The van der Waals surface area contributed by atoms with E-state index < -0.39 is 11.7 Å². The Morgan fingerprint density at radius 2 is 1.70 bits per heavy atom. The number of carbonyl (C=O) groups excluding carboxylic acids is 2. The van der Waals surface area contributed by atoms with Crippen molar-refractivity contribution in [3.05, 3.63) is 29.8 Å². The first kappa shape index (κ1) is 18.8. The summed E-state index contributed by atoms with van der Waals surface area (Å²) in [6.45, 7) is 10.1.